The molecule has 29 heteroatoms. The summed E-state index contributed by atoms with van der Waals surface area (Å²) in [5.74, 6) is 0.931. The van der Waals surface area contributed by atoms with E-state index in [9.17, 15) is 43.2 Å². The Morgan fingerprint density at radius 3 is 0.979 bits per heavy atom. The Balaban J connectivity index is 0.000000139. The fourth-order valence-corrected chi connectivity index (χ4v) is 19.6. The number of benzene rings is 8. The monoisotopic (exact) mass is 1960 g/mol. The highest BCUT2D eigenvalue weighted by Gasteiger charge is 2.42. The van der Waals surface area contributed by atoms with E-state index >= 15 is 0 Å². The van der Waals surface area contributed by atoms with Gasteiger partial charge in [-0.3, -0.25) is 53.1 Å². The van der Waals surface area contributed by atoms with Crippen LogP contribution < -0.4 is 47.9 Å². The molecule has 29 nitrogen and oxygen atoms in total. The first-order valence-electron chi connectivity index (χ1n) is 52.1. The molecule has 4 saturated heterocycles. The molecule has 8 fully saturated rings. The Labute approximate surface area is 851 Å². The summed E-state index contributed by atoms with van der Waals surface area (Å²) in [4.78, 5) is 132. The molecule has 3 aromatic heterocycles. The number of aryl methyl sites for hydroxylation is 4. The molecule has 9 N–H and O–H groups in total. The highest BCUT2D eigenvalue weighted by Crippen LogP contribution is 2.44. The topological polar surface area (TPSA) is 360 Å². The molecular formula is C116H138N20O9. The van der Waals surface area contributed by atoms with Crippen LogP contribution >= 0.6 is 0 Å². The fraction of sp³-hybridized carbons (Fsp3) is 0.414. The van der Waals surface area contributed by atoms with Crippen LogP contribution in [0.5, 0.6) is 0 Å². The third kappa shape index (κ3) is 30.0. The van der Waals surface area contributed by atoms with Gasteiger partial charge in [-0.15, -0.1) is 0 Å². The van der Waals surface area contributed by atoms with Gasteiger partial charge in [0.25, 0.3) is 23.6 Å². The Bertz CT molecular complexity index is 6120. The van der Waals surface area contributed by atoms with Gasteiger partial charge in [0, 0.05) is 165 Å². The molecule has 19 rings (SSSR count). The predicted molar refractivity (Wildman–Crippen MR) is 561 cm³/mol. The van der Waals surface area contributed by atoms with Gasteiger partial charge in [0.05, 0.1) is 41.4 Å². The molecular weight excluding hydrogens is 1820 g/mol. The minimum Gasteiger partial charge on any atom is -0.353 e. The summed E-state index contributed by atoms with van der Waals surface area (Å²) in [5, 5.41) is 46.6. The molecule has 0 radical (unpaired) electrons. The standard InChI is InChI=1S/C31H37N5O2.C29H34N6O3.C28H33N5O2.C28H34N4O2/c1-22-7-9-23(10-8-22)26-20-28(26)33-15-5-6-27(31(38)36-18-3-2-4-19-36)35-30(37)25-13-11-24(12-14-25)29-21-32-16-17-34-29;1-20-5-7-21(8-6-20)24-18-26(24)30-13-2-4-25(29(38)34-17-15-31-27(36)19-34)33-28(37)22-9-11-23(12-10-22)35-16-3-14-32-35;1-20-6-8-21(9-7-20)24-19-26(24)29-14-2-5-25(28(35)32-16-4-17-32)31-27(34)22-10-12-23(13-11-22)33-18-3-15-30-33;1-20-7-11-22(12-8-20)24-18-26(24)30-15-5-6-25(28(34)32-16-3-2-4-17-32)31-27(33)23-13-9-21(19-29)10-14-23/h7-14,16-17,21,26-28,33H,2-6,15,18-20H2,1H3,(H,35,37);3,5-12,14,16,24-26,30H,2,4,13,15,17-19H2,1H3,(H,31,36)(H,33,37);3,6-13,15,18,24-26,29H,2,4-5,14,16-17,19H2,1H3,(H,31,34);7-14,24-26,30H,2-6,15-18H2,1H3,(H,31,33)/t26-,27-,28+;3*24-,25-,26+/m0000/s1. The molecule has 756 valence electrons. The molecule has 8 aromatic carbocycles. The summed E-state index contributed by atoms with van der Waals surface area (Å²) in [5.41, 5.74) is 16.5. The summed E-state index contributed by atoms with van der Waals surface area (Å²) in [6, 6.07) is 68.6. The van der Waals surface area contributed by atoms with Crippen LogP contribution in [0.4, 0.5) is 0 Å². The molecule has 0 unspecified atom stereocenters. The summed E-state index contributed by atoms with van der Waals surface area (Å²) in [7, 11) is 0. The maximum atomic E-state index is 13.4. The van der Waals surface area contributed by atoms with Gasteiger partial charge in [0.15, 0.2) is 0 Å². The van der Waals surface area contributed by atoms with Gasteiger partial charge in [0.2, 0.25) is 29.5 Å². The molecule has 4 saturated carbocycles. The molecule has 4 aliphatic heterocycles. The first kappa shape index (κ1) is 104. The van der Waals surface area contributed by atoms with Crippen molar-refractivity contribution < 1.29 is 43.2 Å². The van der Waals surface area contributed by atoms with Crippen LogP contribution in [0.2, 0.25) is 0 Å². The van der Waals surface area contributed by atoms with Crippen LogP contribution in [-0.4, -0.2) is 236 Å². The Kier molecular flexibility index (Phi) is 36.7. The Morgan fingerprint density at radius 1 is 0.372 bits per heavy atom. The molecule has 9 amide bonds. The van der Waals surface area contributed by atoms with Gasteiger partial charge >= 0.3 is 0 Å². The number of piperazine rings is 1. The second-order valence-corrected chi connectivity index (χ2v) is 39.8. The van der Waals surface area contributed by atoms with E-state index in [1.54, 1.807) is 101 Å². The zero-order valence-electron chi connectivity index (χ0n) is 83.8. The van der Waals surface area contributed by atoms with E-state index in [0.717, 1.165) is 184 Å². The Morgan fingerprint density at radius 2 is 0.690 bits per heavy atom. The quantitative estimate of drug-likeness (QED) is 0.0162. The molecule has 0 spiro atoms. The van der Waals surface area contributed by atoms with E-state index in [1.807, 2.05) is 75.6 Å². The lowest BCUT2D eigenvalue weighted by atomic mass is 10.0. The largest absolute Gasteiger partial charge is 0.353 e. The van der Waals surface area contributed by atoms with Crippen molar-refractivity contribution in [2.45, 2.75) is 222 Å². The van der Waals surface area contributed by atoms with E-state index < -0.39 is 24.2 Å². The smallest absolute Gasteiger partial charge is 0.251 e. The second-order valence-electron chi connectivity index (χ2n) is 39.8. The molecule has 12 atom stereocenters. The van der Waals surface area contributed by atoms with Crippen LogP contribution in [0.15, 0.2) is 250 Å². The van der Waals surface area contributed by atoms with E-state index in [-0.39, 0.29) is 59.7 Å². The maximum Gasteiger partial charge on any atom is 0.251 e. The number of rotatable bonds is 39. The number of aromatic nitrogens is 6. The van der Waals surface area contributed by atoms with Crippen molar-refractivity contribution in [2.75, 3.05) is 85.1 Å². The first-order chi connectivity index (χ1) is 70.7. The van der Waals surface area contributed by atoms with Crippen molar-refractivity contribution in [1.29, 1.82) is 5.26 Å². The van der Waals surface area contributed by atoms with Gasteiger partial charge in [-0.1, -0.05) is 131 Å². The summed E-state index contributed by atoms with van der Waals surface area (Å²) in [6.45, 7) is 17.2. The number of piperidine rings is 2. The maximum absolute atomic E-state index is 13.4. The van der Waals surface area contributed by atoms with Crippen LogP contribution in [0, 0.1) is 39.0 Å². The number of nitriles is 1. The summed E-state index contributed by atoms with van der Waals surface area (Å²) >= 11 is 0. The van der Waals surface area contributed by atoms with E-state index in [4.69, 9.17) is 5.26 Å². The summed E-state index contributed by atoms with van der Waals surface area (Å²) < 4.78 is 3.46. The highest BCUT2D eigenvalue weighted by atomic mass is 16.2. The SMILES string of the molecule is Cc1ccc([C@@H]2C[C@H]2NCCC[C@H](NC(=O)c2ccc(-c3cnccn3)cc2)C(=O)N2CCCCC2)cc1.Cc1ccc([C@@H]2C[C@H]2NCCC[C@H](NC(=O)c2ccc(-n3cccn3)cc2)C(=O)N2CCC2)cc1.Cc1ccc([C@@H]2C[C@H]2NCCC[C@H](NC(=O)c2ccc(-n3cccn3)cc2)C(=O)N2CCNC(=O)C2)cc1.Cc1ccc([C@@H]2C[C@H]2NCCC[C@H](NC(=O)c2ccc(C#N)cc2)C(=O)N2CCCCC2)cc1. The molecule has 0 bridgehead atoms. The van der Waals surface area contributed by atoms with Crippen molar-refractivity contribution >= 4 is 53.2 Å². The normalized spacial score (nSPS) is 19.7. The second kappa shape index (κ2) is 51.4. The minimum absolute atomic E-state index is 0.0162. The molecule has 145 heavy (non-hydrogen) atoms. The van der Waals surface area contributed by atoms with E-state index in [0.29, 0.717) is 114 Å². The van der Waals surface area contributed by atoms with Crippen molar-refractivity contribution in [3.63, 3.8) is 0 Å². The van der Waals surface area contributed by atoms with E-state index in [1.165, 1.54) is 49.4 Å². The average molecular weight is 1960 g/mol. The molecule has 7 heterocycles. The zero-order valence-corrected chi connectivity index (χ0v) is 83.8. The number of likely N-dealkylation sites (tertiary alicyclic amines) is 3. The minimum atomic E-state index is -0.701. The van der Waals surface area contributed by atoms with Gasteiger partial charge in [-0.2, -0.15) is 15.5 Å². The zero-order chi connectivity index (χ0) is 101. The summed E-state index contributed by atoms with van der Waals surface area (Å²) in [6.07, 6.45) is 29.6. The number of nitrogens with zero attached hydrogens (tertiary/aromatic N) is 11. The predicted octanol–water partition coefficient (Wildman–Crippen LogP) is 14.0. The van der Waals surface area contributed by atoms with Crippen LogP contribution in [-0.2, 0) is 24.0 Å². The number of hydrogen-bond acceptors (Lipinski definition) is 18. The van der Waals surface area contributed by atoms with Crippen LogP contribution in [0.25, 0.3) is 22.6 Å². The third-order valence-corrected chi connectivity index (χ3v) is 28.8. The first-order valence-corrected chi connectivity index (χ1v) is 52.1. The van der Waals surface area contributed by atoms with Gasteiger partial charge < -0.3 is 67.5 Å². The number of nitrogens with one attached hydrogen (secondary N) is 9. The van der Waals surface area contributed by atoms with Crippen LogP contribution in [0.1, 0.15) is 237 Å². The van der Waals surface area contributed by atoms with Crippen LogP contribution in [0.3, 0.4) is 0 Å². The van der Waals surface area contributed by atoms with Crippen molar-refractivity contribution in [2.24, 2.45) is 0 Å². The van der Waals surface area contributed by atoms with Crippen molar-refractivity contribution in [3.05, 3.63) is 322 Å². The lowest BCUT2D eigenvalue weighted by Crippen LogP contribution is -2.56. The third-order valence-electron chi connectivity index (χ3n) is 28.8. The van der Waals surface area contributed by atoms with E-state index in [2.05, 4.69) is 199 Å². The fourth-order valence-electron chi connectivity index (χ4n) is 19.6. The highest BCUT2D eigenvalue weighted by molar-refractivity contribution is 6.01. The number of hydrogen-bond donors (Lipinski definition) is 9. The molecule has 8 aliphatic rings. The van der Waals surface area contributed by atoms with Crippen molar-refractivity contribution in [1.82, 2.24) is 97.0 Å². The number of amides is 9. The van der Waals surface area contributed by atoms with Gasteiger partial charge in [-0.25, -0.2) is 9.36 Å². The number of carbonyl (C=O) groups excluding carboxylic acids is 9. The lowest BCUT2D eigenvalue weighted by Gasteiger charge is -2.34. The van der Waals surface area contributed by atoms with Gasteiger partial charge in [0.1, 0.15) is 24.2 Å². The Hall–Kier alpha value is -14.2. The molecule has 11 aromatic rings. The lowest BCUT2D eigenvalue weighted by molar-refractivity contribution is -0.139. The average Bonchev–Trinajstić information content (AvgIpc) is 1.67. The van der Waals surface area contributed by atoms with Gasteiger partial charge in [-0.05, 0) is 295 Å². The molecule has 4 aliphatic carbocycles. The van der Waals surface area contributed by atoms with Crippen molar-refractivity contribution in [3.8, 4) is 28.7 Å². The number of carbonyl (C=O) groups is 9.